The van der Waals surface area contributed by atoms with Gasteiger partial charge in [0.1, 0.15) is 17.2 Å². The second-order valence-electron chi connectivity index (χ2n) is 3.38. The van der Waals surface area contributed by atoms with Crippen LogP contribution in [0.3, 0.4) is 0 Å². The summed E-state index contributed by atoms with van der Waals surface area (Å²) in [6.07, 6.45) is 0. The van der Waals surface area contributed by atoms with Gasteiger partial charge in [-0.25, -0.2) is 4.79 Å². The van der Waals surface area contributed by atoms with Gasteiger partial charge in [0.05, 0.1) is 19.8 Å². The van der Waals surface area contributed by atoms with E-state index in [0.717, 1.165) is 0 Å². The van der Waals surface area contributed by atoms with Crippen molar-refractivity contribution in [1.82, 2.24) is 0 Å². The average Bonchev–Trinajstić information content (AvgIpc) is 2.36. The van der Waals surface area contributed by atoms with Crippen LogP contribution in [0.1, 0.15) is 10.4 Å². The Kier molecular flexibility index (Phi) is 2.86. The van der Waals surface area contributed by atoms with E-state index in [0.29, 0.717) is 22.7 Å². The van der Waals surface area contributed by atoms with E-state index in [2.05, 4.69) is 10.1 Å². The third kappa shape index (κ3) is 2.01. The highest BCUT2D eigenvalue weighted by Crippen LogP contribution is 2.38. The predicted octanol–water partition coefficient (Wildman–Crippen LogP) is 0.813. The number of ether oxygens (including phenoxy) is 3. The minimum atomic E-state index is -0.494. The number of carbonyl (C=O) groups is 2. The van der Waals surface area contributed by atoms with Crippen LogP contribution in [0.4, 0.5) is 5.69 Å². The van der Waals surface area contributed by atoms with Crippen LogP contribution in [0.25, 0.3) is 0 Å². The molecule has 6 nitrogen and oxygen atoms in total. The van der Waals surface area contributed by atoms with E-state index in [-0.39, 0.29) is 12.5 Å². The molecule has 0 saturated heterocycles. The molecule has 1 aliphatic rings. The first-order chi connectivity index (χ1) is 8.15. The third-order valence-electron chi connectivity index (χ3n) is 2.33. The number of rotatable bonds is 2. The number of nitrogens with one attached hydrogen (secondary N) is 1. The lowest BCUT2D eigenvalue weighted by Gasteiger charge is -2.20. The molecule has 0 fully saturated rings. The summed E-state index contributed by atoms with van der Waals surface area (Å²) in [5.41, 5.74) is 0.732. The Morgan fingerprint density at radius 3 is 2.82 bits per heavy atom. The zero-order valence-corrected chi connectivity index (χ0v) is 9.40. The normalized spacial score (nSPS) is 13.2. The molecule has 1 heterocycles. The van der Waals surface area contributed by atoms with Gasteiger partial charge in [0.25, 0.3) is 5.91 Å². The lowest BCUT2D eigenvalue weighted by Crippen LogP contribution is -2.26. The van der Waals surface area contributed by atoms with Gasteiger partial charge in [-0.05, 0) is 12.1 Å². The molecule has 6 heteroatoms. The zero-order valence-electron chi connectivity index (χ0n) is 9.40. The van der Waals surface area contributed by atoms with Crippen LogP contribution in [0.5, 0.6) is 11.5 Å². The second-order valence-corrected chi connectivity index (χ2v) is 3.38. The number of esters is 1. The van der Waals surface area contributed by atoms with Crippen molar-refractivity contribution in [2.45, 2.75) is 0 Å². The number of hydrogen-bond donors (Lipinski definition) is 1. The first-order valence-electron chi connectivity index (χ1n) is 4.88. The van der Waals surface area contributed by atoms with Crippen LogP contribution >= 0.6 is 0 Å². The Labute approximate surface area is 97.5 Å². The molecule has 17 heavy (non-hydrogen) atoms. The number of benzene rings is 1. The fraction of sp³-hybridized carbons (Fsp3) is 0.273. The molecule has 1 aromatic carbocycles. The molecular weight excluding hydrogens is 226 g/mol. The quantitative estimate of drug-likeness (QED) is 0.770. The van der Waals surface area contributed by atoms with Crippen molar-refractivity contribution in [3.63, 3.8) is 0 Å². The Bertz CT molecular complexity index is 466. The van der Waals surface area contributed by atoms with Gasteiger partial charge in [-0.2, -0.15) is 0 Å². The van der Waals surface area contributed by atoms with Crippen LogP contribution in [0, 0.1) is 0 Å². The standard InChI is InChI=1S/C11H11NO5/c1-15-7-3-6(11(14)16-2)4-8-10(7)12-9(13)5-17-8/h3-4H,5H2,1-2H3,(H,12,13). The molecule has 0 aromatic heterocycles. The Morgan fingerprint density at radius 2 is 2.18 bits per heavy atom. The molecule has 0 spiro atoms. The van der Waals surface area contributed by atoms with E-state index in [4.69, 9.17) is 9.47 Å². The number of amides is 1. The van der Waals surface area contributed by atoms with Crippen LogP contribution in [0.2, 0.25) is 0 Å². The summed E-state index contributed by atoms with van der Waals surface area (Å²) in [6.45, 7) is -0.0826. The predicted molar refractivity (Wildman–Crippen MR) is 58.5 cm³/mol. The summed E-state index contributed by atoms with van der Waals surface area (Å²) >= 11 is 0. The molecule has 0 unspecified atom stereocenters. The van der Waals surface area contributed by atoms with Gasteiger partial charge in [-0.15, -0.1) is 0 Å². The van der Waals surface area contributed by atoms with Crippen molar-refractivity contribution in [2.75, 3.05) is 26.1 Å². The molecule has 90 valence electrons. The van der Waals surface area contributed by atoms with Gasteiger partial charge in [-0.1, -0.05) is 0 Å². The fourth-order valence-electron chi connectivity index (χ4n) is 1.54. The van der Waals surface area contributed by atoms with E-state index >= 15 is 0 Å². The van der Waals surface area contributed by atoms with Gasteiger partial charge >= 0.3 is 5.97 Å². The summed E-state index contributed by atoms with van der Waals surface area (Å²) in [6, 6.07) is 2.99. The maximum absolute atomic E-state index is 11.4. The minimum absolute atomic E-state index is 0.0826. The number of methoxy groups -OCH3 is 2. The van der Waals surface area contributed by atoms with Gasteiger partial charge in [0, 0.05) is 0 Å². The highest BCUT2D eigenvalue weighted by Gasteiger charge is 2.22. The molecule has 0 saturated carbocycles. The van der Waals surface area contributed by atoms with Crippen LogP contribution in [0.15, 0.2) is 12.1 Å². The summed E-state index contributed by atoms with van der Waals surface area (Å²) in [4.78, 5) is 22.6. The zero-order chi connectivity index (χ0) is 12.4. The van der Waals surface area contributed by atoms with E-state index in [1.807, 2.05) is 0 Å². The molecule has 2 rings (SSSR count). The van der Waals surface area contributed by atoms with Crippen molar-refractivity contribution in [3.8, 4) is 11.5 Å². The summed E-state index contributed by atoms with van der Waals surface area (Å²) in [5, 5.41) is 2.62. The summed E-state index contributed by atoms with van der Waals surface area (Å²) in [5.74, 6) is -0.00600. The SMILES string of the molecule is COC(=O)c1cc(OC)c2c(c1)OCC(=O)N2. The fourth-order valence-corrected chi connectivity index (χ4v) is 1.54. The number of anilines is 1. The Balaban J connectivity index is 2.49. The van der Waals surface area contributed by atoms with Gasteiger partial charge in [-0.3, -0.25) is 4.79 Å². The largest absolute Gasteiger partial charge is 0.494 e. The van der Waals surface area contributed by atoms with Crippen molar-refractivity contribution < 1.29 is 23.8 Å². The van der Waals surface area contributed by atoms with Crippen LogP contribution in [-0.2, 0) is 9.53 Å². The maximum atomic E-state index is 11.4. The highest BCUT2D eigenvalue weighted by molar-refractivity contribution is 5.99. The molecule has 0 radical (unpaired) electrons. The summed E-state index contributed by atoms with van der Waals surface area (Å²) < 4.78 is 14.9. The van der Waals surface area contributed by atoms with Crippen LogP contribution in [-0.4, -0.2) is 32.7 Å². The smallest absolute Gasteiger partial charge is 0.338 e. The van der Waals surface area contributed by atoms with Crippen molar-refractivity contribution in [2.24, 2.45) is 0 Å². The van der Waals surface area contributed by atoms with Gasteiger partial charge < -0.3 is 19.5 Å². The number of hydrogen-bond acceptors (Lipinski definition) is 5. The molecule has 1 aliphatic heterocycles. The number of fused-ring (bicyclic) bond motifs is 1. The minimum Gasteiger partial charge on any atom is -0.494 e. The topological polar surface area (TPSA) is 73.9 Å². The van der Waals surface area contributed by atoms with Crippen molar-refractivity contribution in [1.29, 1.82) is 0 Å². The molecular formula is C11H11NO5. The summed E-state index contributed by atoms with van der Waals surface area (Å²) in [7, 11) is 2.73. The molecule has 1 aromatic rings. The van der Waals surface area contributed by atoms with Crippen molar-refractivity contribution in [3.05, 3.63) is 17.7 Å². The maximum Gasteiger partial charge on any atom is 0.338 e. The Hall–Kier alpha value is -2.24. The van der Waals surface area contributed by atoms with Crippen molar-refractivity contribution >= 4 is 17.6 Å². The molecule has 0 bridgehead atoms. The van der Waals surface area contributed by atoms with E-state index in [9.17, 15) is 9.59 Å². The van der Waals surface area contributed by atoms with E-state index in [1.54, 1.807) is 0 Å². The average molecular weight is 237 g/mol. The van der Waals surface area contributed by atoms with E-state index < -0.39 is 5.97 Å². The first-order valence-corrected chi connectivity index (χ1v) is 4.88. The highest BCUT2D eigenvalue weighted by atomic mass is 16.5. The molecule has 0 atom stereocenters. The molecule has 1 amide bonds. The lowest BCUT2D eigenvalue weighted by molar-refractivity contribution is -0.118. The number of carbonyl (C=O) groups excluding carboxylic acids is 2. The molecule has 0 aliphatic carbocycles. The van der Waals surface area contributed by atoms with E-state index in [1.165, 1.54) is 26.4 Å². The third-order valence-corrected chi connectivity index (χ3v) is 2.33. The Morgan fingerprint density at radius 1 is 1.41 bits per heavy atom. The van der Waals surface area contributed by atoms with Gasteiger partial charge in [0.15, 0.2) is 6.61 Å². The molecule has 1 N–H and O–H groups in total. The van der Waals surface area contributed by atoms with Crippen LogP contribution < -0.4 is 14.8 Å². The second kappa shape index (κ2) is 4.32. The first kappa shape index (κ1) is 11.3. The lowest BCUT2D eigenvalue weighted by atomic mass is 10.1. The van der Waals surface area contributed by atoms with Gasteiger partial charge in [0.2, 0.25) is 0 Å². The monoisotopic (exact) mass is 237 g/mol.